The molecule has 0 saturated carbocycles. The number of hydrogen-bond acceptors (Lipinski definition) is 3. The van der Waals surface area contributed by atoms with Gasteiger partial charge in [0.25, 0.3) is 5.91 Å². The highest BCUT2D eigenvalue weighted by molar-refractivity contribution is 9.10. The second-order valence-electron chi connectivity index (χ2n) is 3.98. The smallest absolute Gasteiger partial charge is 0.265 e. The van der Waals surface area contributed by atoms with Gasteiger partial charge in [-0.25, -0.2) is 5.01 Å². The summed E-state index contributed by atoms with van der Waals surface area (Å²) in [4.78, 5) is 11.9. The molecule has 0 radical (unpaired) electrons. The SMILES string of the molecule is COc1ccccc1C1=NN(C)C(=O)C1(C)Br. The van der Waals surface area contributed by atoms with Crippen LogP contribution in [0, 0.1) is 0 Å². The minimum Gasteiger partial charge on any atom is -0.496 e. The van der Waals surface area contributed by atoms with Crippen LogP contribution in [-0.2, 0) is 4.79 Å². The average Bonchev–Trinajstić information content (AvgIpc) is 2.53. The van der Waals surface area contributed by atoms with Crippen LogP contribution in [0.3, 0.4) is 0 Å². The van der Waals surface area contributed by atoms with Crippen LogP contribution in [0.15, 0.2) is 29.4 Å². The lowest BCUT2D eigenvalue weighted by atomic mass is 9.98. The minimum atomic E-state index is -0.795. The number of nitrogens with zero attached hydrogens (tertiary/aromatic N) is 2. The van der Waals surface area contributed by atoms with Crippen molar-refractivity contribution in [1.82, 2.24) is 5.01 Å². The van der Waals surface area contributed by atoms with Crippen LogP contribution in [0.2, 0.25) is 0 Å². The summed E-state index contributed by atoms with van der Waals surface area (Å²) in [5.41, 5.74) is 1.49. The van der Waals surface area contributed by atoms with E-state index in [1.54, 1.807) is 21.1 Å². The molecule has 1 amide bonds. The second kappa shape index (κ2) is 4.14. The van der Waals surface area contributed by atoms with Crippen molar-refractivity contribution in [3.8, 4) is 5.75 Å². The van der Waals surface area contributed by atoms with Gasteiger partial charge >= 0.3 is 0 Å². The van der Waals surface area contributed by atoms with Crippen molar-refractivity contribution in [3.05, 3.63) is 29.8 Å². The fourth-order valence-corrected chi connectivity index (χ4v) is 2.39. The molecule has 0 bridgehead atoms. The van der Waals surface area contributed by atoms with Crippen LogP contribution in [0.1, 0.15) is 12.5 Å². The zero-order valence-electron chi connectivity index (χ0n) is 9.90. The Balaban J connectivity index is 2.54. The summed E-state index contributed by atoms with van der Waals surface area (Å²) >= 11 is 3.44. The maximum absolute atomic E-state index is 11.9. The Bertz CT molecular complexity index is 497. The molecule has 0 N–H and O–H groups in total. The standard InChI is InChI=1S/C12H13BrN2O2/c1-12(13)10(14-15(2)11(12)16)8-6-4-5-7-9(8)17-3/h4-7H,1-3H3. The molecule has 0 aliphatic carbocycles. The van der Waals surface area contributed by atoms with Crippen molar-refractivity contribution in [2.45, 2.75) is 11.2 Å². The first kappa shape index (κ1) is 12.1. The molecule has 0 aromatic heterocycles. The van der Waals surface area contributed by atoms with Crippen LogP contribution in [0.25, 0.3) is 0 Å². The predicted octanol–water partition coefficient (Wildman–Crippen LogP) is 2.02. The lowest BCUT2D eigenvalue weighted by Gasteiger charge is -2.17. The Kier molecular flexibility index (Phi) is 2.95. The van der Waals surface area contributed by atoms with Gasteiger partial charge in [0.15, 0.2) is 0 Å². The van der Waals surface area contributed by atoms with Crippen molar-refractivity contribution < 1.29 is 9.53 Å². The van der Waals surface area contributed by atoms with Gasteiger partial charge in [0.1, 0.15) is 10.1 Å². The van der Waals surface area contributed by atoms with Crippen molar-refractivity contribution in [1.29, 1.82) is 0 Å². The van der Waals surface area contributed by atoms with Gasteiger partial charge in [-0.15, -0.1) is 0 Å². The minimum absolute atomic E-state index is 0.0848. The van der Waals surface area contributed by atoms with Crippen molar-refractivity contribution in [2.75, 3.05) is 14.2 Å². The first-order valence-electron chi connectivity index (χ1n) is 5.18. The highest BCUT2D eigenvalue weighted by Crippen LogP contribution is 2.34. The van der Waals surface area contributed by atoms with Gasteiger partial charge in [-0.2, -0.15) is 5.10 Å². The number of rotatable bonds is 2. The van der Waals surface area contributed by atoms with E-state index in [1.165, 1.54) is 5.01 Å². The normalized spacial score (nSPS) is 23.9. The van der Waals surface area contributed by atoms with Gasteiger partial charge in [0.2, 0.25) is 0 Å². The molecule has 1 unspecified atom stereocenters. The Morgan fingerprint density at radius 3 is 2.59 bits per heavy atom. The molecule has 2 rings (SSSR count). The number of para-hydroxylation sites is 1. The quantitative estimate of drug-likeness (QED) is 0.784. The van der Waals surface area contributed by atoms with E-state index in [1.807, 2.05) is 24.3 Å². The number of hydrogen-bond donors (Lipinski definition) is 0. The number of benzene rings is 1. The lowest BCUT2D eigenvalue weighted by Crippen LogP contribution is -2.37. The van der Waals surface area contributed by atoms with Crippen molar-refractivity contribution >= 4 is 27.5 Å². The first-order chi connectivity index (χ1) is 7.98. The highest BCUT2D eigenvalue weighted by atomic mass is 79.9. The average molecular weight is 297 g/mol. The molecule has 17 heavy (non-hydrogen) atoms. The third-order valence-electron chi connectivity index (χ3n) is 2.75. The third-order valence-corrected chi connectivity index (χ3v) is 3.47. The Morgan fingerprint density at radius 1 is 1.41 bits per heavy atom. The number of carbonyl (C=O) groups excluding carboxylic acids is 1. The summed E-state index contributed by atoms with van der Waals surface area (Å²) in [7, 11) is 3.25. The van der Waals surface area contributed by atoms with Crippen molar-refractivity contribution in [2.24, 2.45) is 5.10 Å². The molecule has 0 saturated heterocycles. The maximum atomic E-state index is 11.9. The van der Waals surface area contributed by atoms with Gasteiger partial charge in [-0.3, -0.25) is 4.79 Å². The number of amides is 1. The largest absolute Gasteiger partial charge is 0.496 e. The number of alkyl halides is 1. The molecular weight excluding hydrogens is 284 g/mol. The second-order valence-corrected chi connectivity index (χ2v) is 5.57. The van der Waals surface area contributed by atoms with Gasteiger partial charge in [-0.05, 0) is 19.1 Å². The van der Waals surface area contributed by atoms with E-state index >= 15 is 0 Å². The molecule has 1 aliphatic rings. The summed E-state index contributed by atoms with van der Waals surface area (Å²) in [5.74, 6) is 0.624. The summed E-state index contributed by atoms with van der Waals surface area (Å²) in [6.45, 7) is 1.80. The third kappa shape index (κ3) is 1.84. The lowest BCUT2D eigenvalue weighted by molar-refractivity contribution is -0.128. The molecule has 5 heteroatoms. The maximum Gasteiger partial charge on any atom is 0.265 e. The molecular formula is C12H13BrN2O2. The predicted molar refractivity (Wildman–Crippen MR) is 69.6 cm³/mol. The molecule has 4 nitrogen and oxygen atoms in total. The van der Waals surface area contributed by atoms with E-state index in [4.69, 9.17) is 4.74 Å². The Hall–Kier alpha value is -1.36. The summed E-state index contributed by atoms with van der Waals surface area (Å²) < 4.78 is 4.49. The summed E-state index contributed by atoms with van der Waals surface area (Å²) in [6.07, 6.45) is 0. The number of hydrazone groups is 1. The van der Waals surface area contributed by atoms with E-state index in [0.717, 1.165) is 5.56 Å². The van der Waals surface area contributed by atoms with Crippen LogP contribution in [0.5, 0.6) is 5.75 Å². The van der Waals surface area contributed by atoms with E-state index in [-0.39, 0.29) is 5.91 Å². The van der Waals surface area contributed by atoms with Gasteiger partial charge in [-0.1, -0.05) is 28.1 Å². The molecule has 1 heterocycles. The van der Waals surface area contributed by atoms with Gasteiger partial charge in [0.05, 0.1) is 12.8 Å². The zero-order chi connectivity index (χ0) is 12.6. The van der Waals surface area contributed by atoms with E-state index in [2.05, 4.69) is 21.0 Å². The topological polar surface area (TPSA) is 41.9 Å². The molecule has 1 atom stereocenters. The fourth-order valence-electron chi connectivity index (χ4n) is 1.84. The van der Waals surface area contributed by atoms with E-state index < -0.39 is 4.32 Å². The molecule has 1 aromatic rings. The van der Waals surface area contributed by atoms with Crippen LogP contribution in [0.4, 0.5) is 0 Å². The Labute approximate surface area is 108 Å². The Morgan fingerprint density at radius 2 is 2.06 bits per heavy atom. The molecule has 90 valence electrons. The van der Waals surface area contributed by atoms with Crippen LogP contribution in [-0.4, -0.2) is 35.1 Å². The number of halogens is 1. The van der Waals surface area contributed by atoms with E-state index in [0.29, 0.717) is 11.5 Å². The monoisotopic (exact) mass is 296 g/mol. The number of carbonyl (C=O) groups is 1. The zero-order valence-corrected chi connectivity index (χ0v) is 11.5. The molecule has 0 fully saturated rings. The number of ether oxygens (including phenoxy) is 1. The summed E-state index contributed by atoms with van der Waals surface area (Å²) in [6, 6.07) is 7.52. The summed E-state index contributed by atoms with van der Waals surface area (Å²) in [5, 5.41) is 5.62. The van der Waals surface area contributed by atoms with Crippen LogP contribution >= 0.6 is 15.9 Å². The van der Waals surface area contributed by atoms with E-state index in [9.17, 15) is 4.79 Å². The molecule has 1 aromatic carbocycles. The van der Waals surface area contributed by atoms with Gasteiger partial charge < -0.3 is 4.74 Å². The first-order valence-corrected chi connectivity index (χ1v) is 5.97. The highest BCUT2D eigenvalue weighted by Gasteiger charge is 2.45. The molecule has 0 spiro atoms. The van der Waals surface area contributed by atoms with Gasteiger partial charge in [0, 0.05) is 12.6 Å². The molecule has 1 aliphatic heterocycles. The van der Waals surface area contributed by atoms with Crippen molar-refractivity contribution in [3.63, 3.8) is 0 Å². The fraction of sp³-hybridized carbons (Fsp3) is 0.333. The van der Waals surface area contributed by atoms with Crippen LogP contribution < -0.4 is 4.74 Å². The number of methoxy groups -OCH3 is 1.